The zero-order valence-corrected chi connectivity index (χ0v) is 14.8. The molecule has 0 aromatic heterocycles. The molecule has 0 unspecified atom stereocenters. The van der Waals surface area contributed by atoms with Gasteiger partial charge < -0.3 is 0 Å². The number of fused-ring (bicyclic) bond motifs is 4. The lowest BCUT2D eigenvalue weighted by atomic mass is 9.91. The normalized spacial score (nSPS) is 19.1. The van der Waals surface area contributed by atoms with E-state index in [0.717, 1.165) is 16.6 Å². The third kappa shape index (κ3) is 1.71. The molecule has 3 aliphatic heterocycles. The van der Waals surface area contributed by atoms with E-state index in [2.05, 4.69) is 79.5 Å². The Hall–Kier alpha value is -2.76. The van der Waals surface area contributed by atoms with Crippen molar-refractivity contribution < 1.29 is 0 Å². The molecule has 0 N–H and O–H groups in total. The molecule has 1 aromatic rings. The highest BCUT2D eigenvalue weighted by molar-refractivity contribution is 5.73. The van der Waals surface area contributed by atoms with Crippen LogP contribution in [0, 0.1) is 13.8 Å². The molecule has 1 aromatic carbocycles. The monoisotopic (exact) mass is 320 g/mol. The van der Waals surface area contributed by atoms with Crippen LogP contribution < -0.4 is 10.4 Å². The molecule has 6 heteroatoms. The van der Waals surface area contributed by atoms with Gasteiger partial charge in [-0.05, 0) is 85.1 Å². The largest absolute Gasteiger partial charge is 0.233 e. The predicted molar refractivity (Wildman–Crippen MR) is 92.1 cm³/mol. The van der Waals surface area contributed by atoms with Gasteiger partial charge in [-0.15, -0.1) is 10.2 Å². The fourth-order valence-electron chi connectivity index (χ4n) is 3.55. The lowest BCUT2D eigenvalue weighted by Crippen LogP contribution is -2.51. The van der Waals surface area contributed by atoms with Crippen molar-refractivity contribution in [2.75, 3.05) is 0 Å². The number of benzene rings is 1. The first kappa shape index (κ1) is 14.8. The van der Waals surface area contributed by atoms with Crippen LogP contribution in [0.2, 0.25) is 0 Å². The van der Waals surface area contributed by atoms with Gasteiger partial charge in [-0.25, -0.2) is 5.01 Å². The topological polar surface area (TPSA) is 55.9 Å². The molecule has 3 aliphatic rings. The summed E-state index contributed by atoms with van der Waals surface area (Å²) in [5.74, 6) is 0.714. The smallest absolute Gasteiger partial charge is 0.206 e. The van der Waals surface area contributed by atoms with Crippen LogP contribution in [0.5, 0.6) is 0 Å². The maximum absolute atomic E-state index is 4.27. The number of allylic oxidation sites excluding steroid dienone is 3. The maximum atomic E-state index is 4.27. The van der Waals surface area contributed by atoms with Crippen LogP contribution >= 0.6 is 0 Å². The molecule has 0 aliphatic carbocycles. The van der Waals surface area contributed by atoms with Crippen molar-refractivity contribution in [3.8, 4) is 0 Å². The lowest BCUT2D eigenvalue weighted by molar-refractivity contribution is 0.117. The number of rotatable bonds is 0. The van der Waals surface area contributed by atoms with Crippen LogP contribution in [-0.2, 0) is 0 Å². The van der Waals surface area contributed by atoms with Crippen LogP contribution in [0.3, 0.4) is 0 Å². The summed E-state index contributed by atoms with van der Waals surface area (Å²) in [6, 6.07) is 4.23. The summed E-state index contributed by atoms with van der Waals surface area (Å²) in [4.78, 5) is 0. The summed E-state index contributed by atoms with van der Waals surface area (Å²) in [7, 11) is 0. The summed E-state index contributed by atoms with van der Waals surface area (Å²) in [6.07, 6.45) is 0. The Morgan fingerprint density at radius 1 is 0.833 bits per heavy atom. The second-order valence-electron chi connectivity index (χ2n) is 6.53. The van der Waals surface area contributed by atoms with Crippen molar-refractivity contribution in [3.05, 3.63) is 56.1 Å². The molecule has 0 saturated heterocycles. The van der Waals surface area contributed by atoms with E-state index in [1.54, 1.807) is 5.12 Å². The van der Waals surface area contributed by atoms with E-state index >= 15 is 0 Å². The molecule has 0 fully saturated rings. The van der Waals surface area contributed by atoms with Crippen molar-refractivity contribution in [3.63, 3.8) is 0 Å². The summed E-state index contributed by atoms with van der Waals surface area (Å²) in [5, 5.41) is 22.2. The molecular weight excluding hydrogens is 300 g/mol. The van der Waals surface area contributed by atoms with E-state index in [9.17, 15) is 0 Å². The molecule has 0 amide bonds. The number of nitrogens with zero attached hydrogens (tertiary/aromatic N) is 6. The van der Waals surface area contributed by atoms with E-state index in [1.807, 2.05) is 0 Å². The van der Waals surface area contributed by atoms with E-state index in [4.69, 9.17) is 0 Å². The zero-order valence-electron chi connectivity index (χ0n) is 14.8. The minimum Gasteiger partial charge on any atom is -0.233 e. The Morgan fingerprint density at radius 2 is 1.58 bits per heavy atom. The second-order valence-corrected chi connectivity index (χ2v) is 6.53. The Balaban J connectivity index is 2.28. The highest BCUT2D eigenvalue weighted by Gasteiger charge is 2.35. The maximum Gasteiger partial charge on any atom is 0.206 e. The van der Waals surface area contributed by atoms with Gasteiger partial charge in [-0.1, -0.05) is 12.1 Å². The highest BCUT2D eigenvalue weighted by Crippen LogP contribution is 2.38. The van der Waals surface area contributed by atoms with Gasteiger partial charge >= 0.3 is 0 Å². The SMILES string of the molecule is CC1=C(C)C2=c3c(C)c(C)ccc3=C3N=NN=NN3N2C(C)=C1C. The van der Waals surface area contributed by atoms with Crippen molar-refractivity contribution in [2.24, 2.45) is 20.8 Å². The minimum absolute atomic E-state index is 0.714. The van der Waals surface area contributed by atoms with Crippen molar-refractivity contribution in [2.45, 2.75) is 41.5 Å². The number of hydrogen-bond donors (Lipinski definition) is 0. The molecule has 6 nitrogen and oxygen atoms in total. The molecule has 24 heavy (non-hydrogen) atoms. The number of hydrazine groups is 1. The summed E-state index contributed by atoms with van der Waals surface area (Å²) in [5.41, 5.74) is 8.63. The first-order chi connectivity index (χ1) is 11.4. The molecular formula is C18H20N6. The van der Waals surface area contributed by atoms with Gasteiger partial charge in [0.1, 0.15) is 0 Å². The quantitative estimate of drug-likeness (QED) is 0.735. The first-order valence-electron chi connectivity index (χ1n) is 8.06. The van der Waals surface area contributed by atoms with Gasteiger partial charge in [0.25, 0.3) is 0 Å². The number of aryl methyl sites for hydroxylation is 1. The van der Waals surface area contributed by atoms with E-state index in [1.165, 1.54) is 33.1 Å². The minimum atomic E-state index is 0.714. The van der Waals surface area contributed by atoms with Gasteiger partial charge in [0, 0.05) is 16.1 Å². The average molecular weight is 320 g/mol. The predicted octanol–water partition coefficient (Wildman–Crippen LogP) is 3.40. The molecule has 3 heterocycles. The van der Waals surface area contributed by atoms with E-state index < -0.39 is 0 Å². The number of hydrogen-bond acceptors (Lipinski definition) is 6. The molecule has 4 rings (SSSR count). The van der Waals surface area contributed by atoms with Gasteiger partial charge in [0.2, 0.25) is 5.82 Å². The lowest BCUT2D eigenvalue weighted by Gasteiger charge is -2.42. The summed E-state index contributed by atoms with van der Waals surface area (Å²) < 4.78 is 0. The van der Waals surface area contributed by atoms with Crippen LogP contribution in [0.4, 0.5) is 0 Å². The van der Waals surface area contributed by atoms with Crippen molar-refractivity contribution in [1.29, 1.82) is 0 Å². The fourth-order valence-corrected chi connectivity index (χ4v) is 3.55. The van der Waals surface area contributed by atoms with Crippen molar-refractivity contribution in [1.82, 2.24) is 10.1 Å². The van der Waals surface area contributed by atoms with Crippen LogP contribution in [0.25, 0.3) is 11.5 Å². The summed E-state index contributed by atoms with van der Waals surface area (Å²) in [6.45, 7) is 12.9. The van der Waals surface area contributed by atoms with Crippen LogP contribution in [0.15, 0.2) is 55.3 Å². The standard InChI is InChI=1S/C18H20N6/c1-9-7-8-15-16(10(9)2)17-13(5)11(3)12(4)14(6)23(17)24-18(15)19-20-21-22-24/h7-8H,1-6H3. The Labute approximate surface area is 140 Å². The van der Waals surface area contributed by atoms with Gasteiger partial charge in [-0.2, -0.15) is 0 Å². The Kier molecular flexibility index (Phi) is 3.00. The third-order valence-electron chi connectivity index (χ3n) is 5.45. The van der Waals surface area contributed by atoms with Gasteiger partial charge in [-0.3, -0.25) is 0 Å². The zero-order chi connectivity index (χ0) is 17.2. The van der Waals surface area contributed by atoms with Gasteiger partial charge in [0.05, 0.1) is 5.70 Å². The molecule has 0 spiro atoms. The van der Waals surface area contributed by atoms with Crippen LogP contribution in [0.1, 0.15) is 38.8 Å². The van der Waals surface area contributed by atoms with Crippen molar-refractivity contribution >= 4 is 11.5 Å². The molecule has 0 radical (unpaired) electrons. The van der Waals surface area contributed by atoms with E-state index in [0.29, 0.717) is 5.82 Å². The Morgan fingerprint density at radius 3 is 2.33 bits per heavy atom. The fraction of sp³-hybridized carbons (Fsp3) is 0.333. The molecule has 0 bridgehead atoms. The van der Waals surface area contributed by atoms with Gasteiger partial charge in [0.15, 0.2) is 0 Å². The average Bonchev–Trinajstić information content (AvgIpc) is 2.59. The third-order valence-corrected chi connectivity index (χ3v) is 5.45. The molecule has 0 saturated carbocycles. The molecule has 0 atom stereocenters. The summed E-state index contributed by atoms with van der Waals surface area (Å²) >= 11 is 0. The second kappa shape index (κ2) is 4.87. The Bertz CT molecular complexity index is 1020. The van der Waals surface area contributed by atoms with Crippen LogP contribution in [-0.4, -0.2) is 10.1 Å². The highest BCUT2D eigenvalue weighted by atomic mass is 15.9. The first-order valence-corrected chi connectivity index (χ1v) is 8.06. The van der Waals surface area contributed by atoms with E-state index in [-0.39, 0.29) is 0 Å². The molecule has 122 valence electrons.